The van der Waals surface area contributed by atoms with Crippen molar-refractivity contribution in [2.24, 2.45) is 16.7 Å². The van der Waals surface area contributed by atoms with Crippen molar-refractivity contribution < 1.29 is 4.79 Å². The van der Waals surface area contributed by atoms with E-state index in [4.69, 9.17) is 0 Å². The summed E-state index contributed by atoms with van der Waals surface area (Å²) in [4.78, 5) is 14.6. The van der Waals surface area contributed by atoms with Gasteiger partial charge >= 0.3 is 0 Å². The molecule has 5 unspecified atom stereocenters. The molecule has 3 nitrogen and oxygen atoms in total. The summed E-state index contributed by atoms with van der Waals surface area (Å²) >= 11 is 0. The molecule has 1 heterocycles. The second-order valence-corrected chi connectivity index (χ2v) is 7.63. The minimum Gasteiger partial charge on any atom is -0.322 e. The molecular formula is C15H26N2O. The zero-order valence-electron chi connectivity index (χ0n) is 12.3. The molecule has 3 rings (SSSR count). The Kier molecular flexibility index (Phi) is 2.42. The average molecular weight is 250 g/mol. The van der Waals surface area contributed by atoms with E-state index in [9.17, 15) is 4.79 Å². The second kappa shape index (κ2) is 3.50. The standard InChI is InChI=1S/C15H26N2O/c1-9-12(18)17(10(2)16-9)13-14(3,4)11-6-7-15(13,5)8-11/h9-11,13,16H,6-8H2,1-5H3. The molecule has 0 aromatic rings. The molecule has 2 bridgehead atoms. The number of carbonyl (C=O) groups is 1. The molecule has 5 atom stereocenters. The van der Waals surface area contributed by atoms with Crippen LogP contribution in [0, 0.1) is 16.7 Å². The summed E-state index contributed by atoms with van der Waals surface area (Å²) in [6.45, 7) is 11.3. The van der Waals surface area contributed by atoms with Crippen LogP contribution < -0.4 is 5.32 Å². The van der Waals surface area contributed by atoms with Gasteiger partial charge in [-0.25, -0.2) is 0 Å². The highest BCUT2D eigenvalue weighted by atomic mass is 16.2. The molecule has 1 saturated heterocycles. The summed E-state index contributed by atoms with van der Waals surface area (Å²) < 4.78 is 0. The lowest BCUT2D eigenvalue weighted by Gasteiger charge is -2.48. The fraction of sp³-hybridized carbons (Fsp3) is 0.933. The summed E-state index contributed by atoms with van der Waals surface area (Å²) in [5.74, 6) is 1.10. The fourth-order valence-electron chi connectivity index (χ4n) is 5.25. The van der Waals surface area contributed by atoms with Gasteiger partial charge in [-0.3, -0.25) is 10.1 Å². The number of carbonyl (C=O) groups excluding carboxylic acids is 1. The van der Waals surface area contributed by atoms with Crippen molar-refractivity contribution in [3.8, 4) is 0 Å². The van der Waals surface area contributed by atoms with Gasteiger partial charge in [-0.15, -0.1) is 0 Å². The molecule has 102 valence electrons. The normalized spacial score (nSPS) is 50.3. The zero-order chi connectivity index (χ0) is 13.3. The first-order valence-electron chi connectivity index (χ1n) is 7.35. The van der Waals surface area contributed by atoms with E-state index in [1.807, 2.05) is 6.92 Å². The minimum atomic E-state index is -0.0153. The van der Waals surface area contributed by atoms with Crippen molar-refractivity contribution in [3.05, 3.63) is 0 Å². The predicted molar refractivity (Wildman–Crippen MR) is 71.9 cm³/mol. The van der Waals surface area contributed by atoms with E-state index in [1.165, 1.54) is 19.3 Å². The molecule has 3 aliphatic rings. The molecule has 1 N–H and O–H groups in total. The maximum Gasteiger partial charge on any atom is 0.241 e. The van der Waals surface area contributed by atoms with Gasteiger partial charge in [0, 0.05) is 6.04 Å². The highest BCUT2D eigenvalue weighted by Crippen LogP contribution is 2.64. The van der Waals surface area contributed by atoms with Crippen LogP contribution in [-0.2, 0) is 4.79 Å². The number of nitrogens with one attached hydrogen (secondary N) is 1. The van der Waals surface area contributed by atoms with E-state index < -0.39 is 0 Å². The van der Waals surface area contributed by atoms with Gasteiger partial charge in [0.2, 0.25) is 5.91 Å². The van der Waals surface area contributed by atoms with Gasteiger partial charge in [0.1, 0.15) is 0 Å². The van der Waals surface area contributed by atoms with E-state index in [0.717, 1.165) is 5.92 Å². The third-order valence-corrected chi connectivity index (χ3v) is 6.01. The van der Waals surface area contributed by atoms with Crippen molar-refractivity contribution in [1.29, 1.82) is 0 Å². The number of hydrogen-bond acceptors (Lipinski definition) is 2. The lowest BCUT2D eigenvalue weighted by Crippen LogP contribution is -2.56. The third kappa shape index (κ3) is 1.37. The van der Waals surface area contributed by atoms with Crippen LogP contribution in [0.15, 0.2) is 0 Å². The largest absolute Gasteiger partial charge is 0.322 e. The molecule has 1 aliphatic heterocycles. The first-order valence-corrected chi connectivity index (χ1v) is 7.35. The molecule has 0 spiro atoms. The Morgan fingerprint density at radius 1 is 1.28 bits per heavy atom. The number of amides is 1. The number of nitrogens with zero attached hydrogens (tertiary/aromatic N) is 1. The van der Waals surface area contributed by atoms with Crippen LogP contribution in [0.4, 0.5) is 0 Å². The third-order valence-electron chi connectivity index (χ3n) is 6.01. The van der Waals surface area contributed by atoms with Crippen LogP contribution in [0.25, 0.3) is 0 Å². The van der Waals surface area contributed by atoms with Gasteiger partial charge in [0.15, 0.2) is 0 Å². The number of fused-ring (bicyclic) bond motifs is 2. The molecule has 3 heteroatoms. The summed E-state index contributed by atoms with van der Waals surface area (Å²) in [5.41, 5.74) is 0.604. The average Bonchev–Trinajstić information content (AvgIpc) is 2.81. The SMILES string of the molecule is CC1NC(C)N(C2C3(C)CCC(C3)C2(C)C)C1=O. The summed E-state index contributed by atoms with van der Waals surface area (Å²) in [6.07, 6.45) is 4.12. The first kappa shape index (κ1) is 12.5. The van der Waals surface area contributed by atoms with Crippen molar-refractivity contribution >= 4 is 5.91 Å². The van der Waals surface area contributed by atoms with Crippen molar-refractivity contribution in [2.45, 2.75) is 72.1 Å². The van der Waals surface area contributed by atoms with Crippen molar-refractivity contribution in [3.63, 3.8) is 0 Å². The Bertz CT molecular complexity index is 387. The van der Waals surface area contributed by atoms with Crippen LogP contribution in [0.1, 0.15) is 53.9 Å². The van der Waals surface area contributed by atoms with Gasteiger partial charge in [0.25, 0.3) is 0 Å². The predicted octanol–water partition coefficient (Wildman–Crippen LogP) is 2.37. The monoisotopic (exact) mass is 250 g/mol. The Morgan fingerprint density at radius 2 is 1.94 bits per heavy atom. The molecule has 2 saturated carbocycles. The second-order valence-electron chi connectivity index (χ2n) is 7.63. The molecular weight excluding hydrogens is 224 g/mol. The first-order chi connectivity index (χ1) is 8.27. The lowest BCUT2D eigenvalue weighted by molar-refractivity contribution is -0.138. The van der Waals surface area contributed by atoms with E-state index in [-0.39, 0.29) is 17.6 Å². The molecule has 0 aromatic carbocycles. The van der Waals surface area contributed by atoms with Crippen LogP contribution in [0.5, 0.6) is 0 Å². The van der Waals surface area contributed by atoms with Gasteiger partial charge in [-0.05, 0) is 49.9 Å². The van der Waals surface area contributed by atoms with Crippen molar-refractivity contribution in [2.75, 3.05) is 0 Å². The van der Waals surface area contributed by atoms with Crippen LogP contribution in [0.3, 0.4) is 0 Å². The summed E-state index contributed by atoms with van der Waals surface area (Å²) in [6, 6.07) is 0.391. The maximum absolute atomic E-state index is 12.5. The quantitative estimate of drug-likeness (QED) is 0.775. The summed E-state index contributed by atoms with van der Waals surface area (Å²) in [7, 11) is 0. The molecule has 2 aliphatic carbocycles. The molecule has 0 radical (unpaired) electrons. The lowest BCUT2D eigenvalue weighted by atomic mass is 9.67. The van der Waals surface area contributed by atoms with Crippen molar-refractivity contribution in [1.82, 2.24) is 10.2 Å². The van der Waals surface area contributed by atoms with Gasteiger partial charge in [-0.2, -0.15) is 0 Å². The molecule has 0 aromatic heterocycles. The van der Waals surface area contributed by atoms with Crippen LogP contribution in [0.2, 0.25) is 0 Å². The Labute approximate surface area is 110 Å². The Morgan fingerprint density at radius 3 is 2.39 bits per heavy atom. The molecule has 18 heavy (non-hydrogen) atoms. The van der Waals surface area contributed by atoms with E-state index in [1.54, 1.807) is 0 Å². The Hall–Kier alpha value is -0.570. The highest BCUT2D eigenvalue weighted by Gasteiger charge is 2.63. The minimum absolute atomic E-state index is 0.0153. The topological polar surface area (TPSA) is 32.3 Å². The Balaban J connectivity index is 1.99. The van der Waals surface area contributed by atoms with E-state index in [2.05, 4.69) is 37.9 Å². The smallest absolute Gasteiger partial charge is 0.241 e. The van der Waals surface area contributed by atoms with Crippen LogP contribution >= 0.6 is 0 Å². The van der Waals surface area contributed by atoms with E-state index >= 15 is 0 Å². The van der Waals surface area contributed by atoms with Crippen LogP contribution in [-0.4, -0.2) is 29.1 Å². The van der Waals surface area contributed by atoms with E-state index in [0.29, 0.717) is 17.4 Å². The fourth-order valence-corrected chi connectivity index (χ4v) is 5.25. The zero-order valence-corrected chi connectivity index (χ0v) is 12.3. The molecule has 3 fully saturated rings. The van der Waals surface area contributed by atoms with Gasteiger partial charge in [-0.1, -0.05) is 20.8 Å². The molecule has 1 amide bonds. The van der Waals surface area contributed by atoms with Gasteiger partial charge < -0.3 is 4.90 Å². The number of rotatable bonds is 1. The highest BCUT2D eigenvalue weighted by molar-refractivity contribution is 5.84. The number of hydrogen-bond donors (Lipinski definition) is 1. The summed E-state index contributed by atoms with van der Waals surface area (Å²) in [5, 5.41) is 3.38. The maximum atomic E-state index is 12.5. The van der Waals surface area contributed by atoms with Gasteiger partial charge in [0.05, 0.1) is 12.2 Å².